The second-order valence-corrected chi connectivity index (χ2v) is 6.74. The number of carbonyl (C=O) groups is 2. The molecular formula is C20H16N2O5S. The van der Waals surface area contributed by atoms with E-state index in [4.69, 9.17) is 9.47 Å². The maximum Gasteiger partial charge on any atom is 0.337 e. The van der Waals surface area contributed by atoms with Gasteiger partial charge in [-0.25, -0.2) is 4.79 Å². The van der Waals surface area contributed by atoms with Gasteiger partial charge in [0.1, 0.15) is 11.6 Å². The Morgan fingerprint density at radius 3 is 2.61 bits per heavy atom. The number of nitriles is 1. The summed E-state index contributed by atoms with van der Waals surface area (Å²) in [6.45, 7) is 0. The van der Waals surface area contributed by atoms with Crippen molar-refractivity contribution in [1.82, 2.24) is 0 Å². The highest BCUT2D eigenvalue weighted by Crippen LogP contribution is 2.41. The molecule has 0 fully saturated rings. The van der Waals surface area contributed by atoms with E-state index in [9.17, 15) is 20.0 Å². The van der Waals surface area contributed by atoms with Crippen molar-refractivity contribution < 1.29 is 24.2 Å². The van der Waals surface area contributed by atoms with E-state index < -0.39 is 11.9 Å². The molecule has 0 unspecified atom stereocenters. The standard InChI is InChI=1S/C20H16N2O5S/c1-26-15-7-6-12(9-16(15)27-2)8-13(10-21)19(23)22-11-28-17-5-3-4-14(18(17)22)20(24)25/h3-9H,11H2,1-2H3,(H,24,25). The van der Waals surface area contributed by atoms with Crippen LogP contribution in [0.25, 0.3) is 6.08 Å². The number of methoxy groups -OCH3 is 2. The Morgan fingerprint density at radius 1 is 1.21 bits per heavy atom. The summed E-state index contributed by atoms with van der Waals surface area (Å²) in [7, 11) is 3.01. The van der Waals surface area contributed by atoms with Crippen LogP contribution in [0.15, 0.2) is 46.9 Å². The average Bonchev–Trinajstić information content (AvgIpc) is 3.15. The first-order chi connectivity index (χ1) is 13.5. The molecule has 0 saturated heterocycles. The quantitative estimate of drug-likeness (QED) is 0.611. The molecule has 1 amide bonds. The van der Waals surface area contributed by atoms with Crippen LogP contribution in [0.1, 0.15) is 15.9 Å². The number of thioether (sulfide) groups is 1. The number of anilines is 1. The molecule has 1 heterocycles. The van der Waals surface area contributed by atoms with Crippen LogP contribution < -0.4 is 14.4 Å². The van der Waals surface area contributed by atoms with E-state index in [1.165, 1.54) is 43.0 Å². The van der Waals surface area contributed by atoms with Crippen LogP contribution >= 0.6 is 11.8 Å². The molecule has 142 valence electrons. The molecule has 8 heteroatoms. The lowest BCUT2D eigenvalue weighted by molar-refractivity contribution is -0.114. The molecule has 1 aliphatic rings. The van der Waals surface area contributed by atoms with Crippen molar-refractivity contribution in [2.75, 3.05) is 25.0 Å². The average molecular weight is 396 g/mol. The van der Waals surface area contributed by atoms with Gasteiger partial charge in [0.2, 0.25) is 0 Å². The summed E-state index contributed by atoms with van der Waals surface area (Å²) in [5, 5.41) is 19.0. The number of carboxylic acid groups (broad SMARTS) is 1. The van der Waals surface area contributed by atoms with E-state index in [0.717, 1.165) is 0 Å². The molecule has 0 radical (unpaired) electrons. The van der Waals surface area contributed by atoms with Crippen LogP contribution in [-0.2, 0) is 4.79 Å². The predicted octanol–water partition coefficient (Wildman–Crippen LogP) is 3.41. The highest BCUT2D eigenvalue weighted by Gasteiger charge is 2.31. The van der Waals surface area contributed by atoms with Crippen LogP contribution in [0.5, 0.6) is 11.5 Å². The first kappa shape index (κ1) is 19.3. The molecule has 1 N–H and O–H groups in total. The first-order valence-corrected chi connectivity index (χ1v) is 9.13. The van der Waals surface area contributed by atoms with Gasteiger partial charge in [0.05, 0.1) is 31.3 Å². The van der Waals surface area contributed by atoms with E-state index in [-0.39, 0.29) is 17.0 Å². The van der Waals surface area contributed by atoms with E-state index in [1.807, 2.05) is 6.07 Å². The number of hydrogen-bond acceptors (Lipinski definition) is 6. The van der Waals surface area contributed by atoms with Crippen molar-refractivity contribution >= 4 is 35.4 Å². The molecule has 7 nitrogen and oxygen atoms in total. The molecule has 0 aromatic heterocycles. The van der Waals surface area contributed by atoms with Crippen LogP contribution in [0.3, 0.4) is 0 Å². The van der Waals surface area contributed by atoms with Crippen LogP contribution in [0.2, 0.25) is 0 Å². The number of carbonyl (C=O) groups excluding carboxylic acids is 1. The summed E-state index contributed by atoms with van der Waals surface area (Å²) in [6.07, 6.45) is 1.44. The van der Waals surface area contributed by atoms with Gasteiger partial charge in [-0.1, -0.05) is 12.1 Å². The number of benzene rings is 2. The number of nitrogens with zero attached hydrogens (tertiary/aromatic N) is 2. The van der Waals surface area contributed by atoms with Gasteiger partial charge in [-0.3, -0.25) is 9.69 Å². The molecule has 0 atom stereocenters. The molecule has 0 spiro atoms. The smallest absolute Gasteiger partial charge is 0.337 e. The Hall–Kier alpha value is -3.44. The van der Waals surface area contributed by atoms with E-state index in [1.54, 1.807) is 30.3 Å². The van der Waals surface area contributed by atoms with Gasteiger partial charge in [-0.15, -0.1) is 11.8 Å². The van der Waals surface area contributed by atoms with Gasteiger partial charge in [0, 0.05) is 4.90 Å². The maximum absolute atomic E-state index is 13.0. The van der Waals surface area contributed by atoms with E-state index >= 15 is 0 Å². The Morgan fingerprint density at radius 2 is 1.96 bits per heavy atom. The maximum atomic E-state index is 13.0. The minimum atomic E-state index is -1.13. The predicted molar refractivity (Wildman–Crippen MR) is 105 cm³/mol. The fraction of sp³-hybridized carbons (Fsp3) is 0.150. The zero-order chi connectivity index (χ0) is 20.3. The summed E-state index contributed by atoms with van der Waals surface area (Å²) in [5.41, 5.74) is 0.819. The largest absolute Gasteiger partial charge is 0.493 e. The van der Waals surface area contributed by atoms with Crippen molar-refractivity contribution in [3.63, 3.8) is 0 Å². The molecule has 2 aromatic carbocycles. The van der Waals surface area contributed by atoms with Crippen molar-refractivity contribution in [2.24, 2.45) is 0 Å². The van der Waals surface area contributed by atoms with E-state index in [2.05, 4.69) is 0 Å². The van der Waals surface area contributed by atoms with E-state index in [0.29, 0.717) is 27.6 Å². The second-order valence-electron chi connectivity index (χ2n) is 5.75. The first-order valence-electron chi connectivity index (χ1n) is 8.15. The zero-order valence-corrected chi connectivity index (χ0v) is 15.9. The summed E-state index contributed by atoms with van der Waals surface area (Å²) >= 11 is 1.35. The summed E-state index contributed by atoms with van der Waals surface area (Å²) in [4.78, 5) is 26.5. The number of hydrogen-bond donors (Lipinski definition) is 1. The normalized spacial score (nSPS) is 12.9. The Balaban J connectivity index is 1.98. The van der Waals surface area contributed by atoms with Crippen molar-refractivity contribution in [3.8, 4) is 17.6 Å². The van der Waals surface area contributed by atoms with Gasteiger partial charge in [-0.2, -0.15) is 5.26 Å². The second kappa shape index (κ2) is 8.06. The van der Waals surface area contributed by atoms with Crippen molar-refractivity contribution in [3.05, 3.63) is 53.1 Å². The third-order valence-electron chi connectivity index (χ3n) is 4.16. The lowest BCUT2D eigenvalue weighted by Crippen LogP contribution is -2.30. The van der Waals surface area contributed by atoms with Crippen molar-refractivity contribution in [1.29, 1.82) is 5.26 Å². The lowest BCUT2D eigenvalue weighted by atomic mass is 10.1. The van der Waals surface area contributed by atoms with Crippen molar-refractivity contribution in [2.45, 2.75) is 4.90 Å². The Bertz CT molecular complexity index is 1030. The molecule has 0 aliphatic carbocycles. The summed E-state index contributed by atoms with van der Waals surface area (Å²) < 4.78 is 10.4. The number of amides is 1. The molecule has 28 heavy (non-hydrogen) atoms. The number of carboxylic acids is 1. The number of ether oxygens (including phenoxy) is 2. The Kier molecular flexibility index (Phi) is 5.57. The van der Waals surface area contributed by atoms with Gasteiger partial charge >= 0.3 is 5.97 Å². The third-order valence-corrected chi connectivity index (χ3v) is 5.19. The monoisotopic (exact) mass is 396 g/mol. The molecule has 0 saturated carbocycles. The Labute approximate surface area is 165 Å². The molecular weight excluding hydrogens is 380 g/mol. The minimum absolute atomic E-state index is 0.0271. The minimum Gasteiger partial charge on any atom is -0.493 e. The van der Waals surface area contributed by atoms with Crippen LogP contribution in [0, 0.1) is 11.3 Å². The molecule has 2 aromatic rings. The summed E-state index contributed by atoms with van der Waals surface area (Å²) in [6, 6.07) is 11.8. The number of rotatable bonds is 5. The van der Waals surface area contributed by atoms with Gasteiger partial charge in [-0.05, 0) is 35.9 Å². The number of aromatic carboxylic acids is 1. The van der Waals surface area contributed by atoms with Crippen LogP contribution in [-0.4, -0.2) is 37.1 Å². The molecule has 1 aliphatic heterocycles. The fourth-order valence-electron chi connectivity index (χ4n) is 2.85. The fourth-order valence-corrected chi connectivity index (χ4v) is 3.89. The third kappa shape index (κ3) is 3.52. The molecule has 3 rings (SSSR count). The topological polar surface area (TPSA) is 99.9 Å². The number of fused-ring (bicyclic) bond motifs is 1. The highest BCUT2D eigenvalue weighted by atomic mass is 32.2. The van der Waals surface area contributed by atoms with Gasteiger partial charge < -0.3 is 14.6 Å². The van der Waals surface area contributed by atoms with Crippen LogP contribution in [0.4, 0.5) is 5.69 Å². The number of para-hydroxylation sites is 1. The SMILES string of the molecule is COc1ccc(C=C(C#N)C(=O)N2CSc3cccc(C(=O)O)c32)cc1OC. The van der Waals surface area contributed by atoms with Gasteiger partial charge in [0.25, 0.3) is 5.91 Å². The lowest BCUT2D eigenvalue weighted by Gasteiger charge is -2.17. The van der Waals surface area contributed by atoms with Gasteiger partial charge in [0.15, 0.2) is 11.5 Å². The summed E-state index contributed by atoms with van der Waals surface area (Å²) in [5.74, 6) is -0.447. The molecule has 0 bridgehead atoms. The zero-order valence-electron chi connectivity index (χ0n) is 15.1. The highest BCUT2D eigenvalue weighted by molar-refractivity contribution is 8.00.